The lowest BCUT2D eigenvalue weighted by molar-refractivity contribution is 0.528. The molecular formula is C12H17N3. The summed E-state index contributed by atoms with van der Waals surface area (Å²) < 4.78 is 4.26. The largest absolute Gasteiger partial charge is 0.349 e. The smallest absolute Gasteiger partial charge is 0.0588 e. The van der Waals surface area contributed by atoms with Crippen molar-refractivity contribution >= 4 is 0 Å². The van der Waals surface area contributed by atoms with Crippen molar-refractivity contribution in [3.63, 3.8) is 0 Å². The van der Waals surface area contributed by atoms with Gasteiger partial charge in [0.15, 0.2) is 0 Å². The van der Waals surface area contributed by atoms with Gasteiger partial charge in [0, 0.05) is 30.8 Å². The zero-order chi connectivity index (χ0) is 10.8. The molecule has 0 aliphatic rings. The van der Waals surface area contributed by atoms with E-state index in [0.717, 1.165) is 13.1 Å². The second-order valence-electron chi connectivity index (χ2n) is 3.99. The van der Waals surface area contributed by atoms with E-state index in [1.54, 1.807) is 0 Å². The fourth-order valence-electron chi connectivity index (χ4n) is 1.80. The maximum absolute atomic E-state index is 4.19. The standard InChI is InChI=1S/C12H17N3/c1-10-9-14(12(3)11(10)2)7-8-15-6-4-5-13-15/h4-6,9H,7-8H2,1-3H3. The molecule has 0 aromatic carbocycles. The summed E-state index contributed by atoms with van der Waals surface area (Å²) in [5.74, 6) is 0. The van der Waals surface area contributed by atoms with Crippen LogP contribution in [0, 0.1) is 20.8 Å². The van der Waals surface area contributed by atoms with Crippen LogP contribution in [0.3, 0.4) is 0 Å². The van der Waals surface area contributed by atoms with Gasteiger partial charge in [0.2, 0.25) is 0 Å². The average molecular weight is 203 g/mol. The lowest BCUT2D eigenvalue weighted by Gasteiger charge is -2.06. The van der Waals surface area contributed by atoms with Gasteiger partial charge in [-0.3, -0.25) is 4.68 Å². The molecule has 0 fully saturated rings. The predicted octanol–water partition coefficient (Wildman–Crippen LogP) is 2.31. The second kappa shape index (κ2) is 3.93. The molecule has 15 heavy (non-hydrogen) atoms. The molecular weight excluding hydrogens is 186 g/mol. The average Bonchev–Trinajstić information content (AvgIpc) is 2.80. The summed E-state index contributed by atoms with van der Waals surface area (Å²) in [5.41, 5.74) is 4.13. The monoisotopic (exact) mass is 203 g/mol. The van der Waals surface area contributed by atoms with E-state index in [1.807, 2.05) is 23.1 Å². The molecule has 0 spiro atoms. The summed E-state index contributed by atoms with van der Waals surface area (Å²) in [4.78, 5) is 0. The number of aryl methyl sites for hydroxylation is 3. The zero-order valence-corrected chi connectivity index (χ0v) is 9.57. The Labute approximate surface area is 90.3 Å². The SMILES string of the molecule is Cc1cn(CCn2cccn2)c(C)c1C. The van der Waals surface area contributed by atoms with Crippen LogP contribution in [-0.2, 0) is 13.1 Å². The van der Waals surface area contributed by atoms with Crippen LogP contribution < -0.4 is 0 Å². The van der Waals surface area contributed by atoms with E-state index >= 15 is 0 Å². The van der Waals surface area contributed by atoms with Gasteiger partial charge < -0.3 is 4.57 Å². The summed E-state index contributed by atoms with van der Waals surface area (Å²) in [5, 5.41) is 4.19. The fraction of sp³-hybridized carbons (Fsp3) is 0.417. The zero-order valence-electron chi connectivity index (χ0n) is 9.57. The van der Waals surface area contributed by atoms with E-state index in [4.69, 9.17) is 0 Å². The minimum Gasteiger partial charge on any atom is -0.349 e. The van der Waals surface area contributed by atoms with Crippen LogP contribution >= 0.6 is 0 Å². The van der Waals surface area contributed by atoms with Crippen LogP contribution in [0.2, 0.25) is 0 Å². The molecule has 3 heteroatoms. The molecule has 0 aliphatic heterocycles. The highest BCUT2D eigenvalue weighted by Gasteiger charge is 2.04. The van der Waals surface area contributed by atoms with Gasteiger partial charge >= 0.3 is 0 Å². The highest BCUT2D eigenvalue weighted by Crippen LogP contribution is 2.14. The van der Waals surface area contributed by atoms with Crippen molar-refractivity contribution < 1.29 is 0 Å². The maximum atomic E-state index is 4.19. The summed E-state index contributed by atoms with van der Waals surface area (Å²) >= 11 is 0. The van der Waals surface area contributed by atoms with Crippen molar-refractivity contribution in [2.75, 3.05) is 0 Å². The molecule has 0 unspecified atom stereocenters. The predicted molar refractivity (Wildman–Crippen MR) is 60.9 cm³/mol. The van der Waals surface area contributed by atoms with Gasteiger partial charge in [-0.1, -0.05) is 0 Å². The van der Waals surface area contributed by atoms with Gasteiger partial charge in [0.1, 0.15) is 0 Å². The van der Waals surface area contributed by atoms with Gasteiger partial charge in [-0.2, -0.15) is 5.10 Å². The first-order valence-electron chi connectivity index (χ1n) is 5.29. The minimum atomic E-state index is 0.932. The topological polar surface area (TPSA) is 22.8 Å². The molecule has 80 valence electrons. The number of hydrogen-bond donors (Lipinski definition) is 0. The van der Waals surface area contributed by atoms with Crippen LogP contribution in [0.5, 0.6) is 0 Å². The summed E-state index contributed by atoms with van der Waals surface area (Å²) in [6.45, 7) is 8.43. The van der Waals surface area contributed by atoms with E-state index < -0.39 is 0 Å². The Kier molecular flexibility index (Phi) is 2.62. The molecule has 0 saturated heterocycles. The van der Waals surface area contributed by atoms with Gasteiger partial charge in [0.05, 0.1) is 6.54 Å². The Morgan fingerprint density at radius 2 is 2.00 bits per heavy atom. The molecule has 0 bridgehead atoms. The second-order valence-corrected chi connectivity index (χ2v) is 3.99. The van der Waals surface area contributed by atoms with Crippen molar-refractivity contribution in [2.45, 2.75) is 33.9 Å². The van der Waals surface area contributed by atoms with Gasteiger partial charge in [-0.05, 0) is 38.0 Å². The van der Waals surface area contributed by atoms with Crippen LogP contribution in [0.15, 0.2) is 24.7 Å². The molecule has 0 radical (unpaired) electrons. The molecule has 0 aliphatic carbocycles. The number of nitrogens with zero attached hydrogens (tertiary/aromatic N) is 3. The maximum Gasteiger partial charge on any atom is 0.0588 e. The quantitative estimate of drug-likeness (QED) is 0.750. The normalized spacial score (nSPS) is 10.9. The van der Waals surface area contributed by atoms with E-state index in [0.29, 0.717) is 0 Å². The summed E-state index contributed by atoms with van der Waals surface area (Å²) in [6, 6.07) is 1.96. The first-order chi connectivity index (χ1) is 7.18. The molecule has 2 rings (SSSR count). The van der Waals surface area contributed by atoms with E-state index in [1.165, 1.54) is 16.8 Å². The summed E-state index contributed by atoms with van der Waals surface area (Å²) in [6.07, 6.45) is 6.03. The molecule has 2 aromatic heterocycles. The molecule has 0 saturated carbocycles. The Morgan fingerprint density at radius 1 is 1.20 bits per heavy atom. The van der Waals surface area contributed by atoms with Crippen molar-refractivity contribution in [3.8, 4) is 0 Å². The molecule has 3 nitrogen and oxygen atoms in total. The van der Waals surface area contributed by atoms with Gasteiger partial charge in [-0.25, -0.2) is 0 Å². The number of rotatable bonds is 3. The molecule has 0 N–H and O–H groups in total. The Hall–Kier alpha value is -1.51. The van der Waals surface area contributed by atoms with Crippen LogP contribution in [0.1, 0.15) is 16.8 Å². The van der Waals surface area contributed by atoms with Gasteiger partial charge in [0.25, 0.3) is 0 Å². The van der Waals surface area contributed by atoms with Gasteiger partial charge in [-0.15, -0.1) is 0 Å². The van der Waals surface area contributed by atoms with Crippen LogP contribution in [0.4, 0.5) is 0 Å². The third-order valence-electron chi connectivity index (χ3n) is 3.04. The Balaban J connectivity index is 2.08. The van der Waals surface area contributed by atoms with Crippen molar-refractivity contribution in [3.05, 3.63) is 41.5 Å². The van der Waals surface area contributed by atoms with E-state index in [9.17, 15) is 0 Å². The highest BCUT2D eigenvalue weighted by atomic mass is 15.3. The lowest BCUT2D eigenvalue weighted by atomic mass is 10.2. The van der Waals surface area contributed by atoms with Crippen molar-refractivity contribution in [1.82, 2.24) is 14.3 Å². The van der Waals surface area contributed by atoms with E-state index in [-0.39, 0.29) is 0 Å². The van der Waals surface area contributed by atoms with Crippen molar-refractivity contribution in [1.29, 1.82) is 0 Å². The number of aromatic nitrogens is 3. The van der Waals surface area contributed by atoms with Crippen molar-refractivity contribution in [2.24, 2.45) is 0 Å². The van der Waals surface area contributed by atoms with Crippen LogP contribution in [0.25, 0.3) is 0 Å². The molecule has 2 aromatic rings. The Morgan fingerprint density at radius 3 is 2.53 bits per heavy atom. The minimum absolute atomic E-state index is 0.932. The molecule has 0 atom stereocenters. The highest BCUT2D eigenvalue weighted by molar-refractivity contribution is 5.28. The number of hydrogen-bond acceptors (Lipinski definition) is 1. The third kappa shape index (κ3) is 1.96. The fourth-order valence-corrected chi connectivity index (χ4v) is 1.80. The van der Waals surface area contributed by atoms with E-state index in [2.05, 4.69) is 36.6 Å². The first kappa shape index (κ1) is 10.0. The summed E-state index contributed by atoms with van der Waals surface area (Å²) in [7, 11) is 0. The molecule has 2 heterocycles. The Bertz CT molecular complexity index is 438. The first-order valence-corrected chi connectivity index (χ1v) is 5.29. The third-order valence-corrected chi connectivity index (χ3v) is 3.04. The van der Waals surface area contributed by atoms with Crippen LogP contribution in [-0.4, -0.2) is 14.3 Å². The molecule has 0 amide bonds. The lowest BCUT2D eigenvalue weighted by Crippen LogP contribution is -2.08.